The van der Waals surface area contributed by atoms with E-state index in [0.29, 0.717) is 31.2 Å². The molecule has 0 amide bonds. The number of benzene rings is 2. The zero-order chi connectivity index (χ0) is 25.1. The second-order valence-electron chi connectivity index (χ2n) is 7.63. The lowest BCUT2D eigenvalue weighted by Gasteiger charge is -2.24. The third-order valence-corrected chi connectivity index (χ3v) is 6.62. The fourth-order valence-electron chi connectivity index (χ4n) is 3.74. The number of nitrogens with zero attached hydrogens (tertiary/aromatic N) is 2. The van der Waals surface area contributed by atoms with Gasteiger partial charge < -0.3 is 9.47 Å². The maximum atomic E-state index is 13.6. The number of allylic oxidation sites excluding steroid dienone is 1. The molecule has 4 rings (SSSR count). The number of rotatable bonds is 6. The molecule has 9 heteroatoms. The van der Waals surface area contributed by atoms with Crippen molar-refractivity contribution in [2.45, 2.75) is 13.0 Å². The van der Waals surface area contributed by atoms with Gasteiger partial charge in [0.2, 0.25) is 0 Å². The van der Waals surface area contributed by atoms with Crippen LogP contribution in [0.2, 0.25) is 5.02 Å². The van der Waals surface area contributed by atoms with E-state index in [1.807, 2.05) is 12.1 Å². The van der Waals surface area contributed by atoms with E-state index >= 15 is 0 Å². The number of fused-ring (bicyclic) bond motifs is 1. The van der Waals surface area contributed by atoms with E-state index in [1.165, 1.54) is 29.1 Å². The first-order chi connectivity index (χ1) is 16.8. The highest BCUT2D eigenvalue weighted by Crippen LogP contribution is 2.31. The maximum absolute atomic E-state index is 13.6. The molecule has 0 aliphatic carbocycles. The lowest BCUT2D eigenvalue weighted by molar-refractivity contribution is -0.138. The van der Waals surface area contributed by atoms with Crippen LogP contribution in [0.4, 0.5) is 0 Å². The van der Waals surface area contributed by atoms with Crippen molar-refractivity contribution in [1.29, 1.82) is 0 Å². The number of esters is 2. The highest BCUT2D eigenvalue weighted by atomic mass is 35.5. The molecular formula is C26H21ClN2O5S. The van der Waals surface area contributed by atoms with Gasteiger partial charge in [0, 0.05) is 5.02 Å². The number of carbonyl (C=O) groups excluding carboxylic acids is 2. The molecular weight excluding hydrogens is 488 g/mol. The van der Waals surface area contributed by atoms with Crippen LogP contribution in [0.1, 0.15) is 34.5 Å². The van der Waals surface area contributed by atoms with Crippen molar-refractivity contribution in [1.82, 2.24) is 4.57 Å². The molecule has 3 aromatic rings. The van der Waals surface area contributed by atoms with Crippen LogP contribution in [0.25, 0.3) is 6.08 Å². The first-order valence-corrected chi connectivity index (χ1v) is 11.8. The van der Waals surface area contributed by atoms with Gasteiger partial charge in [0.05, 0.1) is 34.5 Å². The van der Waals surface area contributed by atoms with Gasteiger partial charge in [-0.15, -0.1) is 0 Å². The van der Waals surface area contributed by atoms with E-state index in [2.05, 4.69) is 11.6 Å². The Balaban J connectivity index is 1.90. The van der Waals surface area contributed by atoms with Crippen molar-refractivity contribution in [2.24, 2.45) is 4.99 Å². The molecule has 1 atom stereocenters. The van der Waals surface area contributed by atoms with E-state index in [1.54, 1.807) is 49.4 Å². The van der Waals surface area contributed by atoms with Gasteiger partial charge in [-0.25, -0.2) is 14.6 Å². The minimum absolute atomic E-state index is 0.0185. The number of carbonyl (C=O) groups is 2. The third-order valence-electron chi connectivity index (χ3n) is 5.39. The zero-order valence-electron chi connectivity index (χ0n) is 19.0. The van der Waals surface area contributed by atoms with Crippen LogP contribution in [0.3, 0.4) is 0 Å². The van der Waals surface area contributed by atoms with Gasteiger partial charge in [0.1, 0.15) is 6.61 Å². The Hall–Kier alpha value is -3.75. The summed E-state index contributed by atoms with van der Waals surface area (Å²) in [5, 5.41) is 0.595. The Morgan fingerprint density at radius 2 is 1.83 bits per heavy atom. The molecule has 0 N–H and O–H groups in total. The summed E-state index contributed by atoms with van der Waals surface area (Å²) < 4.78 is 12.0. The third kappa shape index (κ3) is 4.89. The summed E-state index contributed by atoms with van der Waals surface area (Å²) in [6.07, 6.45) is 3.22. The predicted molar refractivity (Wildman–Crippen MR) is 134 cm³/mol. The van der Waals surface area contributed by atoms with Crippen LogP contribution in [0, 0.1) is 0 Å². The average molecular weight is 509 g/mol. The molecule has 1 aliphatic rings. The summed E-state index contributed by atoms with van der Waals surface area (Å²) in [7, 11) is 1.30. The largest absolute Gasteiger partial charge is 0.465 e. The standard InChI is InChI=1S/C26H21ClN2O5S/c1-4-13-34-25(32)21-15(2)28-26-29(22(21)17-7-9-18(10-8-17)24(31)33-3)23(30)20(35-26)14-16-5-11-19(27)12-6-16/h4-12,14,22H,1,13H2,2-3H3. The normalized spacial score (nSPS) is 15.3. The van der Waals surface area contributed by atoms with Gasteiger partial charge in [-0.1, -0.05) is 59.9 Å². The summed E-state index contributed by atoms with van der Waals surface area (Å²) in [6.45, 7) is 5.30. The predicted octanol–water partition coefficient (Wildman–Crippen LogP) is 3.40. The van der Waals surface area contributed by atoms with Crippen molar-refractivity contribution in [3.8, 4) is 0 Å². The van der Waals surface area contributed by atoms with Gasteiger partial charge in [-0.2, -0.15) is 0 Å². The summed E-state index contributed by atoms with van der Waals surface area (Å²) in [5.41, 5.74) is 2.16. The van der Waals surface area contributed by atoms with Gasteiger partial charge in [-0.3, -0.25) is 9.36 Å². The van der Waals surface area contributed by atoms with Gasteiger partial charge >= 0.3 is 11.9 Å². The highest BCUT2D eigenvalue weighted by Gasteiger charge is 2.33. The second kappa shape index (κ2) is 10.2. The number of thiazole rings is 1. The molecule has 0 radical (unpaired) electrons. The SMILES string of the molecule is C=CCOC(=O)C1=C(C)N=c2sc(=Cc3ccc(Cl)cc3)c(=O)n2C1c1ccc(C(=O)OC)cc1. The molecule has 0 bridgehead atoms. The highest BCUT2D eigenvalue weighted by molar-refractivity contribution is 7.07. The molecule has 2 aromatic carbocycles. The Morgan fingerprint density at radius 1 is 1.14 bits per heavy atom. The maximum Gasteiger partial charge on any atom is 0.338 e. The fraction of sp³-hybridized carbons (Fsp3) is 0.154. The van der Waals surface area contributed by atoms with Crippen molar-refractivity contribution < 1.29 is 19.1 Å². The van der Waals surface area contributed by atoms with Gasteiger partial charge in [-0.05, 0) is 48.4 Å². The molecule has 1 aliphatic heterocycles. The molecule has 1 aromatic heterocycles. The van der Waals surface area contributed by atoms with E-state index in [-0.39, 0.29) is 17.7 Å². The molecule has 2 heterocycles. The minimum Gasteiger partial charge on any atom is -0.465 e. The number of methoxy groups -OCH3 is 1. The van der Waals surface area contributed by atoms with Crippen LogP contribution < -0.4 is 14.9 Å². The van der Waals surface area contributed by atoms with Crippen molar-refractivity contribution >= 4 is 41.0 Å². The van der Waals surface area contributed by atoms with Gasteiger partial charge in [0.15, 0.2) is 4.80 Å². The topological polar surface area (TPSA) is 87.0 Å². The lowest BCUT2D eigenvalue weighted by atomic mass is 9.95. The van der Waals surface area contributed by atoms with Crippen molar-refractivity contribution in [3.63, 3.8) is 0 Å². The van der Waals surface area contributed by atoms with E-state index in [0.717, 1.165) is 5.56 Å². The van der Waals surface area contributed by atoms with Crippen LogP contribution in [-0.2, 0) is 14.3 Å². The minimum atomic E-state index is -0.789. The second-order valence-corrected chi connectivity index (χ2v) is 9.08. The first kappa shape index (κ1) is 24.4. The van der Waals surface area contributed by atoms with Crippen molar-refractivity contribution in [3.05, 3.63) is 114 Å². The zero-order valence-corrected chi connectivity index (χ0v) is 20.6. The Kier molecular flexibility index (Phi) is 7.14. The van der Waals surface area contributed by atoms with Crippen LogP contribution in [0.5, 0.6) is 0 Å². The van der Waals surface area contributed by atoms with Crippen LogP contribution in [-0.4, -0.2) is 30.2 Å². The summed E-state index contributed by atoms with van der Waals surface area (Å²) in [5.74, 6) is -1.08. The van der Waals surface area contributed by atoms with E-state index in [9.17, 15) is 14.4 Å². The Labute approximate surface area is 209 Å². The smallest absolute Gasteiger partial charge is 0.338 e. The number of aromatic nitrogens is 1. The molecule has 0 fully saturated rings. The monoisotopic (exact) mass is 508 g/mol. The average Bonchev–Trinajstić information content (AvgIpc) is 3.16. The number of hydrogen-bond acceptors (Lipinski definition) is 7. The van der Waals surface area contributed by atoms with E-state index in [4.69, 9.17) is 21.1 Å². The number of ether oxygens (including phenoxy) is 2. The molecule has 7 nitrogen and oxygen atoms in total. The molecule has 35 heavy (non-hydrogen) atoms. The summed E-state index contributed by atoms with van der Waals surface area (Å²) in [4.78, 5) is 43.5. The Bertz CT molecular complexity index is 1520. The number of halogens is 1. The van der Waals surface area contributed by atoms with Crippen LogP contribution in [0.15, 0.2) is 82.2 Å². The van der Waals surface area contributed by atoms with E-state index < -0.39 is 18.0 Å². The first-order valence-electron chi connectivity index (χ1n) is 10.6. The molecule has 1 unspecified atom stereocenters. The van der Waals surface area contributed by atoms with Crippen molar-refractivity contribution in [2.75, 3.05) is 13.7 Å². The molecule has 178 valence electrons. The molecule has 0 spiro atoms. The quantitative estimate of drug-likeness (QED) is 0.376. The fourth-order valence-corrected chi connectivity index (χ4v) is 4.91. The lowest BCUT2D eigenvalue weighted by Crippen LogP contribution is -2.40. The van der Waals surface area contributed by atoms with Crippen LogP contribution >= 0.6 is 22.9 Å². The van der Waals surface area contributed by atoms with Gasteiger partial charge in [0.25, 0.3) is 5.56 Å². The molecule has 0 saturated heterocycles. The molecule has 0 saturated carbocycles. The number of hydrogen-bond donors (Lipinski definition) is 0. The summed E-state index contributed by atoms with van der Waals surface area (Å²) >= 11 is 7.20. The Morgan fingerprint density at radius 3 is 2.46 bits per heavy atom. The summed E-state index contributed by atoms with van der Waals surface area (Å²) in [6, 6.07) is 12.9.